The Morgan fingerprint density at radius 1 is 0.837 bits per heavy atom. The number of hydrogen-bond donors (Lipinski definition) is 5. The molecule has 4 heterocycles. The number of hydrogen-bond acceptors (Lipinski definition) is 5. The monoisotopic (exact) mass is 584 g/mol. The Morgan fingerprint density at radius 3 is 2.02 bits per heavy atom. The first kappa shape index (κ1) is 28.5. The van der Waals surface area contributed by atoms with Gasteiger partial charge in [-0.15, -0.1) is 0 Å². The normalized spacial score (nSPS) is 20.0. The van der Waals surface area contributed by atoms with E-state index in [1.54, 1.807) is 0 Å². The largest absolute Gasteiger partial charge is 0.480 e. The van der Waals surface area contributed by atoms with E-state index in [9.17, 15) is 24.3 Å². The maximum atomic E-state index is 14.2. The number of carbonyl (C=O) groups excluding carboxylic acids is 3. The van der Waals surface area contributed by atoms with Crippen molar-refractivity contribution in [2.24, 2.45) is 5.73 Å². The molecule has 3 amide bonds. The Balaban J connectivity index is 1.24. The van der Waals surface area contributed by atoms with Crippen LogP contribution in [-0.4, -0.2) is 85.8 Å². The number of aromatic nitrogens is 2. The Labute approximate surface area is 248 Å². The lowest BCUT2D eigenvalue weighted by molar-refractivity contribution is -0.152. The molecule has 0 radical (unpaired) electrons. The van der Waals surface area contributed by atoms with E-state index >= 15 is 0 Å². The van der Waals surface area contributed by atoms with Crippen LogP contribution in [0.25, 0.3) is 21.8 Å². The Kier molecular flexibility index (Phi) is 7.90. The van der Waals surface area contributed by atoms with Crippen LogP contribution in [0.3, 0.4) is 0 Å². The lowest BCUT2D eigenvalue weighted by atomic mass is 10.0. The number of carbonyl (C=O) groups is 4. The van der Waals surface area contributed by atoms with E-state index < -0.39 is 36.0 Å². The van der Waals surface area contributed by atoms with Crippen molar-refractivity contribution in [1.82, 2.24) is 25.1 Å². The Morgan fingerprint density at radius 2 is 1.40 bits per heavy atom. The molecule has 2 aliphatic heterocycles. The first-order valence-electron chi connectivity index (χ1n) is 14.8. The number of aliphatic carboxylic acids is 1. The van der Waals surface area contributed by atoms with Gasteiger partial charge in [-0.1, -0.05) is 36.4 Å². The fourth-order valence-electron chi connectivity index (χ4n) is 6.60. The molecule has 2 aromatic heterocycles. The number of para-hydroxylation sites is 2. The van der Waals surface area contributed by atoms with Crippen molar-refractivity contribution in [2.45, 2.75) is 62.7 Å². The molecule has 4 atom stereocenters. The molecule has 2 aliphatic rings. The minimum Gasteiger partial charge on any atom is -0.480 e. The van der Waals surface area contributed by atoms with E-state index in [1.165, 1.54) is 9.80 Å². The lowest BCUT2D eigenvalue weighted by Crippen LogP contribution is -2.57. The maximum Gasteiger partial charge on any atom is 0.326 e. The second kappa shape index (κ2) is 11.9. The smallest absolute Gasteiger partial charge is 0.326 e. The van der Waals surface area contributed by atoms with Crippen molar-refractivity contribution in [3.63, 3.8) is 0 Å². The maximum absolute atomic E-state index is 14.2. The number of carboxylic acids is 1. The van der Waals surface area contributed by atoms with Crippen LogP contribution in [0.5, 0.6) is 0 Å². The highest BCUT2D eigenvalue weighted by Crippen LogP contribution is 2.27. The van der Waals surface area contributed by atoms with Crippen LogP contribution >= 0.6 is 0 Å². The third kappa shape index (κ3) is 5.60. The number of H-pyrrole nitrogens is 2. The number of benzene rings is 2. The first-order valence-corrected chi connectivity index (χ1v) is 14.8. The Hall–Kier alpha value is -4.64. The molecule has 0 bridgehead atoms. The van der Waals surface area contributed by atoms with Crippen LogP contribution in [0.2, 0.25) is 0 Å². The van der Waals surface area contributed by atoms with Gasteiger partial charge >= 0.3 is 5.97 Å². The molecule has 6 rings (SSSR count). The molecule has 2 saturated heterocycles. The van der Waals surface area contributed by atoms with Crippen LogP contribution in [0.15, 0.2) is 60.9 Å². The average Bonchev–Trinajstić information content (AvgIpc) is 3.83. The van der Waals surface area contributed by atoms with Gasteiger partial charge in [0.25, 0.3) is 0 Å². The summed E-state index contributed by atoms with van der Waals surface area (Å²) in [6, 6.07) is 12.0. The molecule has 43 heavy (non-hydrogen) atoms. The first-order chi connectivity index (χ1) is 20.8. The zero-order chi connectivity index (χ0) is 30.1. The SMILES string of the molecule is NC(Cc1c[nH]c2ccccc12)C(=O)NC(Cc1c[nH]c2ccccc12)C(=O)N1CCCC1C(=O)N1CCCC1C(=O)O. The van der Waals surface area contributed by atoms with Crippen molar-refractivity contribution in [3.05, 3.63) is 72.1 Å². The van der Waals surface area contributed by atoms with Gasteiger partial charge in [0.2, 0.25) is 17.7 Å². The highest BCUT2D eigenvalue weighted by atomic mass is 16.4. The van der Waals surface area contributed by atoms with Crippen molar-refractivity contribution < 1.29 is 24.3 Å². The minimum absolute atomic E-state index is 0.202. The highest BCUT2D eigenvalue weighted by Gasteiger charge is 2.43. The number of fused-ring (bicyclic) bond motifs is 2. The number of aromatic amines is 2. The predicted molar refractivity (Wildman–Crippen MR) is 161 cm³/mol. The summed E-state index contributed by atoms with van der Waals surface area (Å²) >= 11 is 0. The number of rotatable bonds is 9. The van der Waals surface area contributed by atoms with Crippen molar-refractivity contribution >= 4 is 45.5 Å². The van der Waals surface area contributed by atoms with Crippen LogP contribution in [-0.2, 0) is 32.0 Å². The third-order valence-corrected chi connectivity index (χ3v) is 8.81. The van der Waals surface area contributed by atoms with E-state index in [0.717, 1.165) is 32.9 Å². The summed E-state index contributed by atoms with van der Waals surface area (Å²) in [4.78, 5) is 62.3. The molecular weight excluding hydrogens is 548 g/mol. The molecule has 11 heteroatoms. The fraction of sp³-hybridized carbons (Fsp3) is 0.375. The molecular formula is C32H36N6O5. The van der Waals surface area contributed by atoms with Crippen LogP contribution < -0.4 is 11.1 Å². The van der Waals surface area contributed by atoms with Gasteiger partial charge in [0.05, 0.1) is 6.04 Å². The molecule has 0 aliphatic carbocycles. The second-order valence-corrected chi connectivity index (χ2v) is 11.5. The average molecular weight is 585 g/mol. The van der Waals surface area contributed by atoms with Gasteiger partial charge in [-0.2, -0.15) is 0 Å². The number of amides is 3. The fourth-order valence-corrected chi connectivity index (χ4v) is 6.60. The Bertz CT molecular complexity index is 1680. The van der Waals surface area contributed by atoms with Gasteiger partial charge in [0, 0.05) is 53.7 Å². The molecule has 6 N–H and O–H groups in total. The standard InChI is InChI=1S/C32H36N6O5/c33-23(15-19-17-34-24-9-3-1-7-21(19)24)29(39)36-26(16-20-18-35-25-10-4-2-8-22(20)25)30(40)37-13-5-11-27(37)31(41)38-14-6-12-28(38)32(42)43/h1-4,7-10,17-18,23,26-28,34-35H,5-6,11-16,33H2,(H,36,39)(H,42,43). The van der Waals surface area contributed by atoms with E-state index in [-0.39, 0.29) is 24.7 Å². The number of carboxylic acid groups (broad SMARTS) is 1. The van der Waals surface area contributed by atoms with E-state index in [2.05, 4.69) is 15.3 Å². The summed E-state index contributed by atoms with van der Waals surface area (Å²) in [5.41, 5.74) is 10.0. The van der Waals surface area contributed by atoms with Crippen molar-refractivity contribution in [2.75, 3.05) is 13.1 Å². The molecule has 4 unspecified atom stereocenters. The summed E-state index contributed by atoms with van der Waals surface area (Å²) < 4.78 is 0. The quantitative estimate of drug-likeness (QED) is 0.203. The molecule has 4 aromatic rings. The van der Waals surface area contributed by atoms with Crippen LogP contribution in [0.1, 0.15) is 36.8 Å². The van der Waals surface area contributed by atoms with E-state index in [0.29, 0.717) is 38.8 Å². The van der Waals surface area contributed by atoms with E-state index in [4.69, 9.17) is 5.73 Å². The molecule has 0 saturated carbocycles. The van der Waals surface area contributed by atoms with Gasteiger partial charge in [0.15, 0.2) is 0 Å². The van der Waals surface area contributed by atoms with E-state index in [1.807, 2.05) is 60.9 Å². The van der Waals surface area contributed by atoms with Gasteiger partial charge in [-0.05, 0) is 55.4 Å². The number of nitrogens with one attached hydrogen (secondary N) is 3. The van der Waals surface area contributed by atoms with Crippen LogP contribution in [0, 0.1) is 0 Å². The zero-order valence-corrected chi connectivity index (χ0v) is 23.8. The van der Waals surface area contributed by atoms with Crippen molar-refractivity contribution in [3.8, 4) is 0 Å². The van der Waals surface area contributed by atoms with Crippen molar-refractivity contribution in [1.29, 1.82) is 0 Å². The summed E-state index contributed by atoms with van der Waals surface area (Å²) in [5, 5.41) is 14.5. The minimum atomic E-state index is -1.03. The summed E-state index contributed by atoms with van der Waals surface area (Å²) in [6.07, 6.45) is 6.22. The van der Waals surface area contributed by atoms with Gasteiger partial charge < -0.3 is 35.9 Å². The topological polar surface area (TPSA) is 165 Å². The number of likely N-dealkylation sites (tertiary alicyclic amines) is 2. The predicted octanol–water partition coefficient (Wildman–Crippen LogP) is 2.31. The summed E-state index contributed by atoms with van der Waals surface area (Å²) in [5.74, 6) is -2.21. The molecule has 0 spiro atoms. The van der Waals surface area contributed by atoms with Crippen LogP contribution in [0.4, 0.5) is 0 Å². The molecule has 11 nitrogen and oxygen atoms in total. The second-order valence-electron chi connectivity index (χ2n) is 11.5. The van der Waals surface area contributed by atoms with Gasteiger partial charge in [0.1, 0.15) is 18.1 Å². The molecule has 224 valence electrons. The zero-order valence-electron chi connectivity index (χ0n) is 23.8. The van der Waals surface area contributed by atoms with Gasteiger partial charge in [-0.3, -0.25) is 14.4 Å². The summed E-state index contributed by atoms with van der Waals surface area (Å²) in [7, 11) is 0. The lowest BCUT2D eigenvalue weighted by Gasteiger charge is -2.32. The highest BCUT2D eigenvalue weighted by molar-refractivity contribution is 5.96. The number of nitrogens with two attached hydrogens (primary N) is 1. The molecule has 2 fully saturated rings. The number of nitrogens with zero attached hydrogens (tertiary/aromatic N) is 2. The molecule has 2 aromatic carbocycles. The summed E-state index contributed by atoms with van der Waals surface area (Å²) in [6.45, 7) is 0.703. The van der Waals surface area contributed by atoms with Gasteiger partial charge in [-0.25, -0.2) is 4.79 Å². The third-order valence-electron chi connectivity index (χ3n) is 8.81.